The summed E-state index contributed by atoms with van der Waals surface area (Å²) in [5.41, 5.74) is 3.93. The summed E-state index contributed by atoms with van der Waals surface area (Å²) in [6.07, 6.45) is 4.70. The lowest BCUT2D eigenvalue weighted by Crippen LogP contribution is -2.18. The van der Waals surface area contributed by atoms with Gasteiger partial charge in [-0.25, -0.2) is 0 Å². The van der Waals surface area contributed by atoms with Crippen molar-refractivity contribution in [2.75, 3.05) is 0 Å². The van der Waals surface area contributed by atoms with Gasteiger partial charge in [-0.2, -0.15) is 0 Å². The number of halogens is 1. The highest BCUT2D eigenvalue weighted by Crippen LogP contribution is 2.35. The van der Waals surface area contributed by atoms with Crippen molar-refractivity contribution in [2.24, 2.45) is 0 Å². The Balaban J connectivity index is 1.69. The van der Waals surface area contributed by atoms with Crippen LogP contribution in [0.3, 0.4) is 0 Å². The van der Waals surface area contributed by atoms with E-state index in [9.17, 15) is 5.11 Å². The number of hydrogen-bond acceptors (Lipinski definition) is 1. The van der Waals surface area contributed by atoms with Crippen LogP contribution in [-0.2, 0) is 12.8 Å². The van der Waals surface area contributed by atoms with Crippen LogP contribution in [0.2, 0.25) is 5.02 Å². The van der Waals surface area contributed by atoms with Crippen LogP contribution < -0.4 is 0 Å². The molecule has 0 fully saturated rings. The molecule has 0 radical (unpaired) electrons. The third-order valence-electron chi connectivity index (χ3n) is 4.46. The molecule has 0 spiro atoms. The quantitative estimate of drug-likeness (QED) is 0.863. The maximum Gasteiger partial charge on any atom is 0.0586 e. The number of benzene rings is 2. The summed E-state index contributed by atoms with van der Waals surface area (Å²) in [7, 11) is 0. The van der Waals surface area contributed by atoms with Crippen molar-refractivity contribution in [3.05, 3.63) is 70.2 Å². The lowest BCUT2D eigenvalue weighted by molar-refractivity contribution is 0.152. The number of aliphatic hydroxyl groups excluding tert-OH is 1. The molecule has 2 atom stereocenters. The van der Waals surface area contributed by atoms with Crippen LogP contribution in [0, 0.1) is 0 Å². The number of fused-ring (bicyclic) bond motifs is 1. The Bertz CT molecular complexity index is 608. The van der Waals surface area contributed by atoms with Crippen LogP contribution >= 0.6 is 11.6 Å². The van der Waals surface area contributed by atoms with E-state index in [1.807, 2.05) is 24.3 Å². The zero-order chi connectivity index (χ0) is 14.7. The molecule has 3 rings (SSSR count). The lowest BCUT2D eigenvalue weighted by Gasteiger charge is -2.27. The van der Waals surface area contributed by atoms with Crippen molar-refractivity contribution in [2.45, 2.75) is 44.1 Å². The molecule has 0 saturated heterocycles. The number of hydrogen-bond donors (Lipinski definition) is 1. The number of aryl methyl sites for hydroxylation is 1. The minimum Gasteiger partial charge on any atom is -0.393 e. The van der Waals surface area contributed by atoms with Crippen molar-refractivity contribution in [3.63, 3.8) is 0 Å². The fourth-order valence-corrected chi connectivity index (χ4v) is 3.64. The first kappa shape index (κ1) is 14.6. The molecule has 2 unspecified atom stereocenters. The van der Waals surface area contributed by atoms with Crippen LogP contribution in [0.1, 0.15) is 41.9 Å². The molecule has 0 aliphatic heterocycles. The molecule has 0 aromatic heterocycles. The van der Waals surface area contributed by atoms with E-state index in [4.69, 9.17) is 11.6 Å². The van der Waals surface area contributed by atoms with Crippen molar-refractivity contribution < 1.29 is 5.11 Å². The molecule has 2 aromatic rings. The highest BCUT2D eigenvalue weighted by molar-refractivity contribution is 6.31. The van der Waals surface area contributed by atoms with E-state index in [2.05, 4.69) is 24.3 Å². The molecular formula is C19H21ClO. The summed E-state index contributed by atoms with van der Waals surface area (Å²) >= 11 is 6.18. The first-order valence-electron chi connectivity index (χ1n) is 7.73. The molecule has 110 valence electrons. The SMILES string of the molecule is OC(Cc1ccccc1Cl)CC1CCCc2ccccc21. The van der Waals surface area contributed by atoms with Gasteiger partial charge in [-0.05, 0) is 60.8 Å². The van der Waals surface area contributed by atoms with Gasteiger partial charge in [0.25, 0.3) is 0 Å². The van der Waals surface area contributed by atoms with Crippen LogP contribution in [0.4, 0.5) is 0 Å². The van der Waals surface area contributed by atoms with Crippen molar-refractivity contribution in [1.82, 2.24) is 0 Å². The van der Waals surface area contributed by atoms with E-state index < -0.39 is 0 Å². The average molecular weight is 301 g/mol. The minimum absolute atomic E-state index is 0.332. The highest BCUT2D eigenvalue weighted by Gasteiger charge is 2.22. The number of aliphatic hydroxyl groups is 1. The van der Waals surface area contributed by atoms with E-state index in [-0.39, 0.29) is 6.10 Å². The van der Waals surface area contributed by atoms with E-state index in [0.717, 1.165) is 17.0 Å². The summed E-state index contributed by atoms with van der Waals surface area (Å²) in [5, 5.41) is 11.2. The first-order chi connectivity index (χ1) is 10.2. The van der Waals surface area contributed by atoms with Gasteiger partial charge in [0.15, 0.2) is 0 Å². The summed E-state index contributed by atoms with van der Waals surface area (Å²) in [6, 6.07) is 16.5. The molecule has 1 nitrogen and oxygen atoms in total. The zero-order valence-electron chi connectivity index (χ0n) is 12.1. The zero-order valence-corrected chi connectivity index (χ0v) is 12.9. The molecule has 0 amide bonds. The van der Waals surface area contributed by atoms with E-state index in [1.165, 1.54) is 30.4 Å². The first-order valence-corrected chi connectivity index (χ1v) is 8.11. The van der Waals surface area contributed by atoms with Crippen LogP contribution in [0.25, 0.3) is 0 Å². The van der Waals surface area contributed by atoms with E-state index >= 15 is 0 Å². The molecule has 0 heterocycles. The minimum atomic E-state index is -0.332. The second-order valence-corrected chi connectivity index (χ2v) is 6.38. The molecule has 21 heavy (non-hydrogen) atoms. The molecule has 1 aliphatic carbocycles. The van der Waals surface area contributed by atoms with Crippen molar-refractivity contribution in [1.29, 1.82) is 0 Å². The Kier molecular flexibility index (Phi) is 4.62. The smallest absolute Gasteiger partial charge is 0.0586 e. The largest absolute Gasteiger partial charge is 0.393 e. The summed E-state index contributed by atoms with van der Waals surface area (Å²) in [6.45, 7) is 0. The van der Waals surface area contributed by atoms with Gasteiger partial charge in [0.05, 0.1) is 6.10 Å². The highest BCUT2D eigenvalue weighted by atomic mass is 35.5. The average Bonchev–Trinajstić information content (AvgIpc) is 2.50. The molecule has 1 aliphatic rings. The van der Waals surface area contributed by atoms with Gasteiger partial charge in [-0.15, -0.1) is 0 Å². The second-order valence-electron chi connectivity index (χ2n) is 5.97. The number of rotatable bonds is 4. The summed E-state index contributed by atoms with van der Waals surface area (Å²) < 4.78 is 0. The third-order valence-corrected chi connectivity index (χ3v) is 4.83. The Morgan fingerprint density at radius 1 is 1.10 bits per heavy atom. The van der Waals surface area contributed by atoms with Crippen molar-refractivity contribution >= 4 is 11.6 Å². The van der Waals surface area contributed by atoms with Gasteiger partial charge in [0.1, 0.15) is 0 Å². The fraction of sp³-hybridized carbons (Fsp3) is 0.368. The molecule has 0 saturated carbocycles. The molecule has 2 aromatic carbocycles. The van der Waals surface area contributed by atoms with Gasteiger partial charge in [-0.3, -0.25) is 0 Å². The Morgan fingerprint density at radius 2 is 1.86 bits per heavy atom. The van der Waals surface area contributed by atoms with Gasteiger partial charge in [-0.1, -0.05) is 54.1 Å². The Hall–Kier alpha value is -1.31. The van der Waals surface area contributed by atoms with Crippen LogP contribution in [0.15, 0.2) is 48.5 Å². The third kappa shape index (κ3) is 3.48. The van der Waals surface area contributed by atoms with Gasteiger partial charge < -0.3 is 5.11 Å². The van der Waals surface area contributed by atoms with E-state index in [0.29, 0.717) is 12.3 Å². The Labute approximate surface area is 131 Å². The lowest BCUT2D eigenvalue weighted by atomic mass is 9.79. The second kappa shape index (κ2) is 6.64. The van der Waals surface area contributed by atoms with Crippen LogP contribution in [-0.4, -0.2) is 11.2 Å². The fourth-order valence-electron chi connectivity index (χ4n) is 3.43. The monoisotopic (exact) mass is 300 g/mol. The predicted octanol–water partition coefficient (Wildman–Crippen LogP) is 4.75. The standard InChI is InChI=1S/C19H21ClO/c20-19-11-4-2-7-16(19)13-17(21)12-15-9-5-8-14-6-1-3-10-18(14)15/h1-4,6-7,10-11,15,17,21H,5,8-9,12-13H2. The molecule has 1 N–H and O–H groups in total. The maximum absolute atomic E-state index is 10.4. The molecule has 0 bridgehead atoms. The van der Waals surface area contributed by atoms with Crippen LogP contribution in [0.5, 0.6) is 0 Å². The normalized spacial score (nSPS) is 19.0. The van der Waals surface area contributed by atoms with Gasteiger partial charge in [0, 0.05) is 5.02 Å². The molecule has 2 heteroatoms. The maximum atomic E-state index is 10.4. The predicted molar refractivity (Wildman–Crippen MR) is 87.9 cm³/mol. The Morgan fingerprint density at radius 3 is 2.71 bits per heavy atom. The van der Waals surface area contributed by atoms with Gasteiger partial charge in [0.2, 0.25) is 0 Å². The van der Waals surface area contributed by atoms with E-state index in [1.54, 1.807) is 0 Å². The topological polar surface area (TPSA) is 20.2 Å². The summed E-state index contributed by atoms with van der Waals surface area (Å²) in [5.74, 6) is 0.479. The molecular weight excluding hydrogens is 280 g/mol. The van der Waals surface area contributed by atoms with Gasteiger partial charge >= 0.3 is 0 Å². The summed E-state index contributed by atoms with van der Waals surface area (Å²) in [4.78, 5) is 0. The van der Waals surface area contributed by atoms with Crippen molar-refractivity contribution in [3.8, 4) is 0 Å².